The van der Waals surface area contributed by atoms with Crippen molar-refractivity contribution in [1.29, 1.82) is 0 Å². The Morgan fingerprint density at radius 3 is 2.00 bits per heavy atom. The fraction of sp³-hybridized carbons (Fsp3) is 0.381. The Bertz CT molecular complexity index is 610. The van der Waals surface area contributed by atoms with Gasteiger partial charge in [0.15, 0.2) is 0 Å². The standard InChI is InChI=1S/C21H28N2O/c1-17(2)23(16-20-12-8-5-9-13-20)15-18(3)22-21(24)14-19-10-6-4-7-11-19/h4-13,17-18H,14-16H2,1-3H3,(H,22,24). The Balaban J connectivity index is 1.86. The monoisotopic (exact) mass is 324 g/mol. The number of carbonyl (C=O) groups excluding carboxylic acids is 1. The number of benzene rings is 2. The first-order valence-electron chi connectivity index (χ1n) is 8.66. The molecule has 2 aromatic carbocycles. The van der Waals surface area contributed by atoms with E-state index in [4.69, 9.17) is 0 Å². The predicted octanol–water partition coefficient (Wildman–Crippen LogP) is 3.64. The van der Waals surface area contributed by atoms with Crippen LogP contribution in [0.25, 0.3) is 0 Å². The third kappa shape index (κ3) is 6.17. The summed E-state index contributed by atoms with van der Waals surface area (Å²) in [6.45, 7) is 8.21. The van der Waals surface area contributed by atoms with Crippen LogP contribution in [-0.2, 0) is 17.8 Å². The van der Waals surface area contributed by atoms with Crippen LogP contribution in [-0.4, -0.2) is 29.4 Å². The lowest BCUT2D eigenvalue weighted by atomic mass is 10.1. The average molecular weight is 324 g/mol. The van der Waals surface area contributed by atoms with E-state index in [1.165, 1.54) is 5.56 Å². The van der Waals surface area contributed by atoms with Gasteiger partial charge in [-0.15, -0.1) is 0 Å². The SMILES string of the molecule is CC(CN(Cc1ccccc1)C(C)C)NC(=O)Cc1ccccc1. The summed E-state index contributed by atoms with van der Waals surface area (Å²) in [6, 6.07) is 20.9. The second-order valence-corrected chi connectivity index (χ2v) is 6.64. The topological polar surface area (TPSA) is 32.3 Å². The number of hydrogen-bond acceptors (Lipinski definition) is 2. The lowest BCUT2D eigenvalue weighted by molar-refractivity contribution is -0.121. The van der Waals surface area contributed by atoms with Crippen LogP contribution in [0, 0.1) is 0 Å². The van der Waals surface area contributed by atoms with Crippen LogP contribution in [0.4, 0.5) is 0 Å². The summed E-state index contributed by atoms with van der Waals surface area (Å²) in [5, 5.41) is 3.12. The molecule has 1 atom stereocenters. The van der Waals surface area contributed by atoms with E-state index in [2.05, 4.69) is 55.3 Å². The van der Waals surface area contributed by atoms with E-state index in [1.807, 2.05) is 36.4 Å². The molecule has 0 aromatic heterocycles. The van der Waals surface area contributed by atoms with Gasteiger partial charge < -0.3 is 5.32 Å². The molecule has 2 aromatic rings. The molecule has 1 N–H and O–H groups in total. The highest BCUT2D eigenvalue weighted by molar-refractivity contribution is 5.78. The van der Waals surface area contributed by atoms with Crippen LogP contribution in [0.15, 0.2) is 60.7 Å². The highest BCUT2D eigenvalue weighted by Gasteiger charge is 2.15. The minimum absolute atomic E-state index is 0.0807. The summed E-state index contributed by atoms with van der Waals surface area (Å²) in [7, 11) is 0. The van der Waals surface area contributed by atoms with Crippen molar-refractivity contribution < 1.29 is 4.79 Å². The van der Waals surface area contributed by atoms with Crippen LogP contribution in [0.3, 0.4) is 0 Å². The molecule has 0 aliphatic carbocycles. The Labute approximate surface area is 145 Å². The van der Waals surface area contributed by atoms with Gasteiger partial charge >= 0.3 is 0 Å². The molecule has 0 aliphatic heterocycles. The van der Waals surface area contributed by atoms with Gasteiger partial charge in [0.25, 0.3) is 0 Å². The third-order valence-corrected chi connectivity index (χ3v) is 4.08. The first-order valence-corrected chi connectivity index (χ1v) is 8.66. The van der Waals surface area contributed by atoms with Gasteiger partial charge in [-0.1, -0.05) is 60.7 Å². The average Bonchev–Trinajstić information content (AvgIpc) is 2.55. The maximum atomic E-state index is 12.2. The van der Waals surface area contributed by atoms with Crippen molar-refractivity contribution in [3.05, 3.63) is 71.8 Å². The molecule has 0 heterocycles. The number of amides is 1. The van der Waals surface area contributed by atoms with Crippen molar-refractivity contribution in [2.75, 3.05) is 6.54 Å². The second-order valence-electron chi connectivity index (χ2n) is 6.64. The highest BCUT2D eigenvalue weighted by Crippen LogP contribution is 2.09. The summed E-state index contributed by atoms with van der Waals surface area (Å²) in [4.78, 5) is 14.6. The van der Waals surface area contributed by atoms with Gasteiger partial charge in [-0.2, -0.15) is 0 Å². The van der Waals surface area contributed by atoms with Crippen molar-refractivity contribution in [2.24, 2.45) is 0 Å². The van der Waals surface area contributed by atoms with E-state index in [-0.39, 0.29) is 11.9 Å². The molecule has 0 radical (unpaired) electrons. The smallest absolute Gasteiger partial charge is 0.224 e. The molecule has 0 fully saturated rings. The molecular formula is C21H28N2O. The molecule has 24 heavy (non-hydrogen) atoms. The zero-order valence-corrected chi connectivity index (χ0v) is 14.9. The summed E-state index contributed by atoms with van der Waals surface area (Å²) < 4.78 is 0. The van der Waals surface area contributed by atoms with E-state index < -0.39 is 0 Å². The molecule has 128 valence electrons. The molecule has 0 aliphatic rings. The second kappa shape index (κ2) is 9.24. The predicted molar refractivity (Wildman–Crippen MR) is 99.7 cm³/mol. The number of nitrogens with zero attached hydrogens (tertiary/aromatic N) is 1. The molecule has 1 unspecified atom stereocenters. The molecule has 0 saturated carbocycles. The maximum Gasteiger partial charge on any atom is 0.224 e. The van der Waals surface area contributed by atoms with Crippen LogP contribution in [0.5, 0.6) is 0 Å². The lowest BCUT2D eigenvalue weighted by Crippen LogP contribution is -2.44. The molecule has 0 bridgehead atoms. The highest BCUT2D eigenvalue weighted by atomic mass is 16.1. The van der Waals surface area contributed by atoms with Gasteiger partial charge in [-0.3, -0.25) is 9.69 Å². The summed E-state index contributed by atoms with van der Waals surface area (Å²) >= 11 is 0. The van der Waals surface area contributed by atoms with Crippen molar-refractivity contribution in [3.63, 3.8) is 0 Å². The van der Waals surface area contributed by atoms with Crippen molar-refractivity contribution in [1.82, 2.24) is 10.2 Å². The molecule has 0 spiro atoms. The molecule has 3 heteroatoms. The summed E-state index contributed by atoms with van der Waals surface area (Å²) in [5.74, 6) is 0.0807. The Morgan fingerprint density at radius 2 is 1.46 bits per heavy atom. The van der Waals surface area contributed by atoms with Gasteiger partial charge in [0, 0.05) is 25.2 Å². The maximum absolute atomic E-state index is 12.2. The van der Waals surface area contributed by atoms with Gasteiger partial charge in [-0.25, -0.2) is 0 Å². The van der Waals surface area contributed by atoms with E-state index >= 15 is 0 Å². The van der Waals surface area contributed by atoms with Crippen LogP contribution >= 0.6 is 0 Å². The lowest BCUT2D eigenvalue weighted by Gasteiger charge is -2.29. The van der Waals surface area contributed by atoms with E-state index in [0.29, 0.717) is 12.5 Å². The van der Waals surface area contributed by atoms with Gasteiger partial charge in [0.05, 0.1) is 6.42 Å². The normalized spacial score (nSPS) is 12.4. The minimum atomic E-state index is 0.0807. The van der Waals surface area contributed by atoms with Crippen LogP contribution in [0.2, 0.25) is 0 Å². The zero-order valence-electron chi connectivity index (χ0n) is 14.9. The first kappa shape index (κ1) is 18.2. The molecule has 0 saturated heterocycles. The van der Waals surface area contributed by atoms with Crippen LogP contribution in [0.1, 0.15) is 31.9 Å². The largest absolute Gasteiger partial charge is 0.352 e. The molecule has 1 amide bonds. The minimum Gasteiger partial charge on any atom is -0.352 e. The van der Waals surface area contributed by atoms with Crippen molar-refractivity contribution in [3.8, 4) is 0 Å². The van der Waals surface area contributed by atoms with Gasteiger partial charge in [-0.05, 0) is 31.9 Å². The third-order valence-electron chi connectivity index (χ3n) is 4.08. The van der Waals surface area contributed by atoms with Crippen LogP contribution < -0.4 is 5.32 Å². The quantitative estimate of drug-likeness (QED) is 0.804. The number of rotatable bonds is 8. The van der Waals surface area contributed by atoms with Gasteiger partial charge in [0.1, 0.15) is 0 Å². The molecular weight excluding hydrogens is 296 g/mol. The fourth-order valence-corrected chi connectivity index (χ4v) is 2.78. The van der Waals surface area contributed by atoms with Crippen molar-refractivity contribution in [2.45, 2.75) is 45.8 Å². The van der Waals surface area contributed by atoms with Gasteiger partial charge in [0.2, 0.25) is 5.91 Å². The number of nitrogens with one attached hydrogen (secondary N) is 1. The molecule has 2 rings (SSSR count). The van der Waals surface area contributed by atoms with E-state index in [9.17, 15) is 4.79 Å². The summed E-state index contributed by atoms with van der Waals surface area (Å²) in [6.07, 6.45) is 0.436. The van der Waals surface area contributed by atoms with E-state index in [1.54, 1.807) is 0 Å². The van der Waals surface area contributed by atoms with Crippen molar-refractivity contribution >= 4 is 5.91 Å². The first-order chi connectivity index (χ1) is 11.5. The van der Waals surface area contributed by atoms with E-state index in [0.717, 1.165) is 18.7 Å². The summed E-state index contributed by atoms with van der Waals surface area (Å²) in [5.41, 5.74) is 2.35. The Hall–Kier alpha value is -2.13. The molecule has 3 nitrogen and oxygen atoms in total. The number of hydrogen-bond donors (Lipinski definition) is 1. The number of carbonyl (C=O) groups is 1. The fourth-order valence-electron chi connectivity index (χ4n) is 2.78. The zero-order chi connectivity index (χ0) is 17.4. The Morgan fingerprint density at radius 1 is 0.917 bits per heavy atom. The Kier molecular flexibility index (Phi) is 7.01.